The van der Waals surface area contributed by atoms with Crippen LogP contribution in [0.15, 0.2) is 6.33 Å². The molecular formula is C12H18N6O2. The van der Waals surface area contributed by atoms with Gasteiger partial charge in [-0.25, -0.2) is 4.98 Å². The molecule has 20 heavy (non-hydrogen) atoms. The average Bonchev–Trinajstić information content (AvgIpc) is 2.83. The first-order valence-electron chi connectivity index (χ1n) is 6.49. The zero-order valence-electron chi connectivity index (χ0n) is 11.5. The number of imidazole rings is 1. The summed E-state index contributed by atoms with van der Waals surface area (Å²) in [6, 6.07) is 0. The molecule has 4 N–H and O–H groups in total. The van der Waals surface area contributed by atoms with Gasteiger partial charge in [0.1, 0.15) is 5.52 Å². The predicted molar refractivity (Wildman–Crippen MR) is 74.3 cm³/mol. The Morgan fingerprint density at radius 1 is 1.55 bits per heavy atom. The normalized spacial score (nSPS) is 22.4. The number of rotatable bonds is 2. The lowest BCUT2D eigenvalue weighted by atomic mass is 10.1. The summed E-state index contributed by atoms with van der Waals surface area (Å²) in [5.74, 6) is 0.879. The molecule has 3 heterocycles. The largest absolute Gasteiger partial charge is 0.394 e. The van der Waals surface area contributed by atoms with Gasteiger partial charge in [-0.3, -0.25) is 0 Å². The van der Waals surface area contributed by atoms with Gasteiger partial charge < -0.3 is 25.5 Å². The number of aliphatic hydroxyl groups is 1. The number of hydrogen-bond acceptors (Lipinski definition) is 7. The number of fused-ring (bicyclic) bond motifs is 1. The maximum absolute atomic E-state index is 9.39. The van der Waals surface area contributed by atoms with Crippen LogP contribution < -0.4 is 10.6 Å². The molecule has 0 saturated carbocycles. The highest BCUT2D eigenvalue weighted by Crippen LogP contribution is 2.28. The highest BCUT2D eigenvalue weighted by atomic mass is 16.5. The quantitative estimate of drug-likeness (QED) is 0.703. The Morgan fingerprint density at radius 3 is 3.10 bits per heavy atom. The van der Waals surface area contributed by atoms with Crippen molar-refractivity contribution in [2.75, 3.05) is 30.3 Å². The van der Waals surface area contributed by atoms with Crippen LogP contribution in [-0.2, 0) is 4.74 Å². The van der Waals surface area contributed by atoms with Crippen molar-refractivity contribution in [2.24, 2.45) is 0 Å². The number of aromatic nitrogens is 4. The van der Waals surface area contributed by atoms with Crippen molar-refractivity contribution in [1.29, 1.82) is 0 Å². The number of nitrogens with one attached hydrogen (secondary N) is 1. The standard InChI is InChI=1S/C12H18N6O2/c1-12(2)5-18(3-7(4-19)20-12)10-8-9(15-6-14-8)16-11(13)17-10/h6-7,19H,3-5H2,1-2H3,(H3,13,14,15,16,17). The summed E-state index contributed by atoms with van der Waals surface area (Å²) in [6.45, 7) is 5.12. The number of ether oxygens (including phenoxy) is 1. The number of hydrogen-bond donors (Lipinski definition) is 3. The number of morpholine rings is 1. The molecule has 3 rings (SSSR count). The van der Waals surface area contributed by atoms with Crippen LogP contribution in [0.25, 0.3) is 11.2 Å². The number of H-pyrrole nitrogens is 1. The Balaban J connectivity index is 2.03. The molecule has 0 radical (unpaired) electrons. The fraction of sp³-hybridized carbons (Fsp3) is 0.583. The van der Waals surface area contributed by atoms with Gasteiger partial charge in [0.2, 0.25) is 5.95 Å². The lowest BCUT2D eigenvalue weighted by molar-refractivity contribution is -0.101. The van der Waals surface area contributed by atoms with Crippen molar-refractivity contribution < 1.29 is 9.84 Å². The maximum Gasteiger partial charge on any atom is 0.224 e. The Hall–Kier alpha value is -1.93. The van der Waals surface area contributed by atoms with E-state index in [-0.39, 0.29) is 24.3 Å². The zero-order valence-corrected chi connectivity index (χ0v) is 11.5. The zero-order chi connectivity index (χ0) is 14.3. The van der Waals surface area contributed by atoms with Crippen LogP contribution in [0.4, 0.5) is 11.8 Å². The second-order valence-electron chi connectivity index (χ2n) is 5.57. The average molecular weight is 278 g/mol. The Morgan fingerprint density at radius 2 is 2.35 bits per heavy atom. The van der Waals surface area contributed by atoms with E-state index in [1.54, 1.807) is 6.33 Å². The first kappa shape index (κ1) is 13.1. The first-order valence-corrected chi connectivity index (χ1v) is 6.49. The van der Waals surface area contributed by atoms with Gasteiger partial charge in [-0.1, -0.05) is 0 Å². The molecule has 8 heteroatoms. The van der Waals surface area contributed by atoms with Crippen LogP contribution >= 0.6 is 0 Å². The fourth-order valence-corrected chi connectivity index (χ4v) is 2.62. The van der Waals surface area contributed by atoms with Gasteiger partial charge in [0.05, 0.1) is 24.6 Å². The second kappa shape index (κ2) is 4.57. The highest BCUT2D eigenvalue weighted by molar-refractivity contribution is 5.84. The molecule has 0 amide bonds. The predicted octanol–water partition coefficient (Wildman–Crippen LogP) is -0.0888. The lowest BCUT2D eigenvalue weighted by Crippen LogP contribution is -2.54. The van der Waals surface area contributed by atoms with E-state index in [0.29, 0.717) is 24.6 Å². The lowest BCUT2D eigenvalue weighted by Gasteiger charge is -2.42. The molecule has 1 saturated heterocycles. The molecule has 1 atom stereocenters. The number of aliphatic hydroxyl groups excluding tert-OH is 1. The van der Waals surface area contributed by atoms with Gasteiger partial charge in [-0.15, -0.1) is 0 Å². The van der Waals surface area contributed by atoms with Crippen molar-refractivity contribution in [3.05, 3.63) is 6.33 Å². The van der Waals surface area contributed by atoms with E-state index in [0.717, 1.165) is 5.52 Å². The summed E-state index contributed by atoms with van der Waals surface area (Å²) < 4.78 is 5.81. The minimum Gasteiger partial charge on any atom is -0.394 e. The third-order valence-corrected chi connectivity index (χ3v) is 3.27. The molecule has 8 nitrogen and oxygen atoms in total. The van der Waals surface area contributed by atoms with Crippen LogP contribution in [0, 0.1) is 0 Å². The fourth-order valence-electron chi connectivity index (χ4n) is 2.62. The van der Waals surface area contributed by atoms with E-state index in [9.17, 15) is 5.11 Å². The minimum absolute atomic E-state index is 0.0351. The van der Waals surface area contributed by atoms with Crippen LogP contribution in [0.1, 0.15) is 13.8 Å². The maximum atomic E-state index is 9.39. The third-order valence-electron chi connectivity index (χ3n) is 3.27. The molecule has 0 spiro atoms. The van der Waals surface area contributed by atoms with E-state index in [2.05, 4.69) is 19.9 Å². The molecule has 2 aromatic heterocycles. The number of aromatic amines is 1. The number of nitrogens with zero attached hydrogens (tertiary/aromatic N) is 4. The smallest absolute Gasteiger partial charge is 0.224 e. The highest BCUT2D eigenvalue weighted by Gasteiger charge is 2.34. The number of nitrogen functional groups attached to an aromatic ring is 1. The molecule has 0 aliphatic carbocycles. The molecule has 0 bridgehead atoms. The van der Waals surface area contributed by atoms with Crippen LogP contribution in [0.2, 0.25) is 0 Å². The molecule has 1 aliphatic rings. The van der Waals surface area contributed by atoms with Crippen molar-refractivity contribution in [2.45, 2.75) is 25.6 Å². The summed E-state index contributed by atoms with van der Waals surface area (Å²) in [5, 5.41) is 9.39. The van der Waals surface area contributed by atoms with Gasteiger partial charge in [-0.2, -0.15) is 9.97 Å². The van der Waals surface area contributed by atoms with Crippen LogP contribution in [-0.4, -0.2) is 56.4 Å². The van der Waals surface area contributed by atoms with Crippen molar-refractivity contribution >= 4 is 22.9 Å². The number of anilines is 2. The summed E-state index contributed by atoms with van der Waals surface area (Å²) >= 11 is 0. The summed E-state index contributed by atoms with van der Waals surface area (Å²) in [4.78, 5) is 17.6. The molecule has 1 fully saturated rings. The summed E-state index contributed by atoms with van der Waals surface area (Å²) in [7, 11) is 0. The van der Waals surface area contributed by atoms with Crippen LogP contribution in [0.5, 0.6) is 0 Å². The SMILES string of the molecule is CC1(C)CN(c2nc(N)nc3nc[nH]c23)CC(CO)O1. The monoisotopic (exact) mass is 278 g/mol. The van der Waals surface area contributed by atoms with E-state index < -0.39 is 0 Å². The van der Waals surface area contributed by atoms with E-state index in [1.807, 2.05) is 18.7 Å². The van der Waals surface area contributed by atoms with Crippen molar-refractivity contribution in [3.63, 3.8) is 0 Å². The van der Waals surface area contributed by atoms with Gasteiger partial charge in [0, 0.05) is 13.1 Å². The van der Waals surface area contributed by atoms with E-state index in [1.165, 1.54) is 0 Å². The molecule has 1 aliphatic heterocycles. The van der Waals surface area contributed by atoms with Gasteiger partial charge >= 0.3 is 0 Å². The third kappa shape index (κ3) is 2.27. The first-order chi connectivity index (χ1) is 9.48. The van der Waals surface area contributed by atoms with Crippen molar-refractivity contribution in [3.8, 4) is 0 Å². The molecule has 108 valence electrons. The number of nitrogens with two attached hydrogens (primary N) is 1. The van der Waals surface area contributed by atoms with Gasteiger partial charge in [0.25, 0.3) is 0 Å². The topological polar surface area (TPSA) is 113 Å². The Labute approximate surface area is 116 Å². The second-order valence-corrected chi connectivity index (χ2v) is 5.57. The molecule has 1 unspecified atom stereocenters. The van der Waals surface area contributed by atoms with E-state index in [4.69, 9.17) is 10.5 Å². The Bertz CT molecular complexity index is 625. The van der Waals surface area contributed by atoms with Crippen molar-refractivity contribution in [1.82, 2.24) is 19.9 Å². The summed E-state index contributed by atoms with van der Waals surface area (Å²) in [6.07, 6.45) is 1.31. The molecular weight excluding hydrogens is 260 g/mol. The Kier molecular flexibility index (Phi) is 2.98. The molecule has 0 aromatic carbocycles. The summed E-state index contributed by atoms with van der Waals surface area (Å²) in [5.41, 5.74) is 6.65. The van der Waals surface area contributed by atoms with Crippen LogP contribution in [0.3, 0.4) is 0 Å². The van der Waals surface area contributed by atoms with Gasteiger partial charge in [0.15, 0.2) is 11.5 Å². The molecule has 2 aromatic rings. The van der Waals surface area contributed by atoms with E-state index >= 15 is 0 Å². The minimum atomic E-state index is -0.377. The van der Waals surface area contributed by atoms with Gasteiger partial charge in [-0.05, 0) is 13.8 Å².